The third-order valence-corrected chi connectivity index (χ3v) is 8.63. The van der Waals surface area contributed by atoms with Gasteiger partial charge in [-0.3, -0.25) is 0 Å². The molecule has 1 aliphatic rings. The smallest absolute Gasteiger partial charge is 0.335 e. The number of unbranched alkanes of at least 4 members (excludes halogenated alkanes) is 1. The van der Waals surface area contributed by atoms with Crippen LogP contribution in [0.5, 0.6) is 0 Å². The summed E-state index contributed by atoms with van der Waals surface area (Å²) in [5.74, 6) is -0.946. The molecule has 0 aliphatic carbocycles. The largest absolute Gasteiger partial charge is 0.478 e. The van der Waals surface area contributed by atoms with Gasteiger partial charge in [-0.25, -0.2) is 13.3 Å². The summed E-state index contributed by atoms with van der Waals surface area (Å²) >= 11 is 1.64. The standard InChI is InChI=1S/C27H30N2O3S2/c1-4-5-9-22-18-29(21-10-7-6-8-11-21)24-17-25(33-3)23(16-26(24)34(32)28(22)2)19-12-14-20(15-13-19)27(30)31/h6-8,10-17,22H,4-5,9,18H2,1-3H3,(H,30,31). The predicted molar refractivity (Wildman–Crippen MR) is 142 cm³/mol. The van der Waals surface area contributed by atoms with E-state index in [0.717, 1.165) is 58.1 Å². The molecule has 7 heteroatoms. The average Bonchev–Trinajstić information content (AvgIpc) is 2.97. The van der Waals surface area contributed by atoms with Crippen molar-refractivity contribution < 1.29 is 14.1 Å². The second kappa shape index (κ2) is 10.8. The third kappa shape index (κ3) is 4.92. The summed E-state index contributed by atoms with van der Waals surface area (Å²) < 4.78 is 15.8. The second-order valence-corrected chi connectivity index (χ2v) is 10.8. The van der Waals surface area contributed by atoms with E-state index in [9.17, 15) is 14.1 Å². The van der Waals surface area contributed by atoms with Crippen molar-refractivity contribution in [2.75, 3.05) is 24.7 Å². The van der Waals surface area contributed by atoms with Crippen LogP contribution in [0.15, 0.2) is 76.5 Å². The van der Waals surface area contributed by atoms with Crippen molar-refractivity contribution in [3.63, 3.8) is 0 Å². The van der Waals surface area contributed by atoms with Gasteiger partial charge in [-0.05, 0) is 60.2 Å². The Morgan fingerprint density at radius 1 is 1.12 bits per heavy atom. The Morgan fingerprint density at radius 3 is 2.44 bits per heavy atom. The van der Waals surface area contributed by atoms with Gasteiger partial charge in [0.05, 0.1) is 16.1 Å². The summed E-state index contributed by atoms with van der Waals surface area (Å²) in [7, 11) is 0.634. The second-order valence-electron chi connectivity index (χ2n) is 8.44. The number of anilines is 2. The summed E-state index contributed by atoms with van der Waals surface area (Å²) in [5.41, 5.74) is 4.18. The Bertz CT molecular complexity index is 1180. The molecule has 178 valence electrons. The molecule has 3 aromatic rings. The highest BCUT2D eigenvalue weighted by atomic mass is 32.2. The molecule has 0 aromatic heterocycles. The molecule has 0 saturated heterocycles. The van der Waals surface area contributed by atoms with Crippen LogP contribution >= 0.6 is 11.8 Å². The van der Waals surface area contributed by atoms with E-state index in [0.29, 0.717) is 0 Å². The van der Waals surface area contributed by atoms with E-state index in [1.165, 1.54) is 0 Å². The van der Waals surface area contributed by atoms with E-state index in [1.807, 2.05) is 54.0 Å². The molecule has 0 saturated carbocycles. The molecule has 2 atom stereocenters. The van der Waals surface area contributed by atoms with E-state index in [-0.39, 0.29) is 11.6 Å². The van der Waals surface area contributed by atoms with Gasteiger partial charge in [-0.15, -0.1) is 11.8 Å². The maximum absolute atomic E-state index is 13.8. The lowest BCUT2D eigenvalue weighted by molar-refractivity contribution is 0.0697. The first-order chi connectivity index (χ1) is 16.4. The van der Waals surface area contributed by atoms with Crippen LogP contribution < -0.4 is 4.90 Å². The number of likely N-dealkylation sites (N-methyl/N-ethyl adjacent to an activating group) is 1. The first-order valence-corrected chi connectivity index (χ1v) is 13.8. The number of para-hydroxylation sites is 1. The Labute approximate surface area is 208 Å². The minimum absolute atomic E-state index is 0.157. The minimum atomic E-state index is -1.32. The zero-order chi connectivity index (χ0) is 24.2. The van der Waals surface area contributed by atoms with E-state index < -0.39 is 17.0 Å². The third-order valence-electron chi connectivity index (χ3n) is 6.33. The molecule has 5 nitrogen and oxygen atoms in total. The number of nitrogens with zero attached hydrogens (tertiary/aromatic N) is 2. The lowest BCUT2D eigenvalue weighted by Crippen LogP contribution is -2.38. The zero-order valence-corrected chi connectivity index (χ0v) is 21.4. The van der Waals surface area contributed by atoms with Crippen LogP contribution in [0.4, 0.5) is 11.4 Å². The Hall–Kier alpha value is -2.61. The van der Waals surface area contributed by atoms with Gasteiger partial charge in [0.15, 0.2) is 0 Å². The van der Waals surface area contributed by atoms with Gasteiger partial charge in [0.1, 0.15) is 11.0 Å². The number of rotatable bonds is 7. The monoisotopic (exact) mass is 494 g/mol. The molecule has 4 rings (SSSR count). The lowest BCUT2D eigenvalue weighted by Gasteiger charge is -2.30. The number of carboxylic acid groups (broad SMARTS) is 1. The van der Waals surface area contributed by atoms with Crippen LogP contribution in [0.2, 0.25) is 0 Å². The van der Waals surface area contributed by atoms with Crippen molar-refractivity contribution >= 4 is 40.1 Å². The van der Waals surface area contributed by atoms with Crippen molar-refractivity contribution in [3.8, 4) is 11.1 Å². The van der Waals surface area contributed by atoms with E-state index in [1.54, 1.807) is 23.9 Å². The van der Waals surface area contributed by atoms with Gasteiger partial charge in [-0.1, -0.05) is 50.1 Å². The quantitative estimate of drug-likeness (QED) is 0.383. The highest BCUT2D eigenvalue weighted by Gasteiger charge is 2.32. The molecule has 0 fully saturated rings. The number of aromatic carboxylic acids is 1. The van der Waals surface area contributed by atoms with Crippen molar-refractivity contribution in [1.29, 1.82) is 0 Å². The lowest BCUT2D eigenvalue weighted by atomic mass is 10.0. The van der Waals surface area contributed by atoms with Gasteiger partial charge >= 0.3 is 5.97 Å². The maximum atomic E-state index is 13.8. The van der Waals surface area contributed by atoms with Gasteiger partial charge in [0.2, 0.25) is 0 Å². The molecule has 34 heavy (non-hydrogen) atoms. The minimum Gasteiger partial charge on any atom is -0.478 e. The molecule has 0 radical (unpaired) electrons. The summed E-state index contributed by atoms with van der Waals surface area (Å²) in [4.78, 5) is 15.4. The summed E-state index contributed by atoms with van der Waals surface area (Å²) in [6, 6.07) is 21.5. The molecular weight excluding hydrogens is 464 g/mol. The SMILES string of the molecule is CCCCC1CN(c2ccccc2)c2cc(SC)c(-c3ccc(C(=O)O)cc3)cc2S(=O)N1C. The van der Waals surface area contributed by atoms with Crippen LogP contribution in [0, 0.1) is 0 Å². The number of carboxylic acids is 1. The Morgan fingerprint density at radius 2 is 1.82 bits per heavy atom. The fraction of sp³-hybridized carbons (Fsp3) is 0.296. The number of hydrogen-bond acceptors (Lipinski definition) is 4. The van der Waals surface area contributed by atoms with Crippen molar-refractivity contribution in [2.24, 2.45) is 0 Å². The van der Waals surface area contributed by atoms with Gasteiger partial charge < -0.3 is 10.0 Å². The number of carbonyl (C=O) groups is 1. The molecule has 0 amide bonds. The van der Waals surface area contributed by atoms with E-state index >= 15 is 0 Å². The molecule has 0 bridgehead atoms. The van der Waals surface area contributed by atoms with Crippen LogP contribution in [0.1, 0.15) is 36.5 Å². The molecule has 3 aromatic carbocycles. The normalized spacial score (nSPS) is 18.4. The van der Waals surface area contributed by atoms with Crippen molar-refractivity contribution in [2.45, 2.75) is 42.0 Å². The molecular formula is C27H30N2O3S2. The number of thioether (sulfide) groups is 1. The first-order valence-electron chi connectivity index (χ1n) is 11.5. The predicted octanol–water partition coefficient (Wildman–Crippen LogP) is 6.44. The van der Waals surface area contributed by atoms with Crippen molar-refractivity contribution in [1.82, 2.24) is 4.31 Å². The number of fused-ring (bicyclic) bond motifs is 1. The number of hydrogen-bond donors (Lipinski definition) is 1. The molecule has 1 heterocycles. The summed E-state index contributed by atoms with van der Waals surface area (Å²) in [6.07, 6.45) is 5.20. The fourth-order valence-corrected chi connectivity index (χ4v) is 6.31. The van der Waals surface area contributed by atoms with Crippen molar-refractivity contribution in [3.05, 3.63) is 72.3 Å². The van der Waals surface area contributed by atoms with Crippen LogP contribution in [-0.4, -0.2) is 45.5 Å². The highest BCUT2D eigenvalue weighted by molar-refractivity contribution is 7.98. The molecule has 1 N–H and O–H groups in total. The van der Waals surface area contributed by atoms with Crippen LogP contribution in [-0.2, 0) is 11.0 Å². The highest BCUT2D eigenvalue weighted by Crippen LogP contribution is 2.42. The van der Waals surface area contributed by atoms with E-state index in [2.05, 4.69) is 30.0 Å². The maximum Gasteiger partial charge on any atom is 0.335 e. The van der Waals surface area contributed by atoms with Gasteiger partial charge in [0.25, 0.3) is 0 Å². The Balaban J connectivity index is 1.87. The fourth-order valence-electron chi connectivity index (χ4n) is 4.37. The van der Waals surface area contributed by atoms with Crippen LogP contribution in [0.3, 0.4) is 0 Å². The van der Waals surface area contributed by atoms with Gasteiger partial charge in [-0.2, -0.15) is 0 Å². The summed E-state index contributed by atoms with van der Waals surface area (Å²) in [5, 5.41) is 9.27. The Kier molecular flexibility index (Phi) is 7.76. The molecule has 1 aliphatic heterocycles. The number of benzene rings is 3. The molecule has 0 spiro atoms. The van der Waals surface area contributed by atoms with Crippen LogP contribution in [0.25, 0.3) is 11.1 Å². The first kappa shape index (κ1) is 24.5. The average molecular weight is 495 g/mol. The summed E-state index contributed by atoms with van der Waals surface area (Å²) in [6.45, 7) is 2.95. The van der Waals surface area contributed by atoms with Gasteiger partial charge in [0, 0.05) is 30.2 Å². The molecule has 2 unspecified atom stereocenters. The van der Waals surface area contributed by atoms with E-state index in [4.69, 9.17) is 0 Å². The zero-order valence-electron chi connectivity index (χ0n) is 19.7. The topological polar surface area (TPSA) is 60.9 Å².